The first kappa shape index (κ1) is 16.2. The van der Waals surface area contributed by atoms with Crippen molar-refractivity contribution < 1.29 is 0 Å². The molecule has 18 heavy (non-hydrogen) atoms. The van der Waals surface area contributed by atoms with Gasteiger partial charge in [-0.15, -0.1) is 0 Å². The van der Waals surface area contributed by atoms with E-state index in [9.17, 15) is 0 Å². The summed E-state index contributed by atoms with van der Waals surface area (Å²) >= 11 is 0. The van der Waals surface area contributed by atoms with Crippen molar-refractivity contribution in [2.45, 2.75) is 27.7 Å². The van der Waals surface area contributed by atoms with E-state index in [1.807, 2.05) is 38.2 Å². The molecule has 0 fully saturated rings. The predicted molar refractivity (Wildman–Crippen MR) is 84.7 cm³/mol. The molecule has 1 aromatic carbocycles. The van der Waals surface area contributed by atoms with Crippen LogP contribution < -0.4 is 0 Å². The van der Waals surface area contributed by atoms with Crippen molar-refractivity contribution >= 4 is 5.57 Å². The lowest BCUT2D eigenvalue weighted by molar-refractivity contribution is 1.39. The van der Waals surface area contributed by atoms with Crippen LogP contribution in [0.3, 0.4) is 0 Å². The van der Waals surface area contributed by atoms with Gasteiger partial charge in [0.15, 0.2) is 0 Å². The molecule has 0 nitrogen and oxygen atoms in total. The van der Waals surface area contributed by atoms with Crippen molar-refractivity contribution in [2.24, 2.45) is 0 Å². The highest BCUT2D eigenvalue weighted by atomic mass is 14.1. The first-order valence-electron chi connectivity index (χ1n) is 6.39. The summed E-state index contributed by atoms with van der Waals surface area (Å²) in [4.78, 5) is 0. The second kappa shape index (κ2) is 9.23. The molecule has 0 aliphatic heterocycles. The molecule has 0 radical (unpaired) electrons. The number of allylic oxidation sites excluding steroid dienone is 6. The fourth-order valence-electron chi connectivity index (χ4n) is 1.69. The molecule has 0 saturated heterocycles. The molecule has 0 amide bonds. The quantitative estimate of drug-likeness (QED) is 0.590. The van der Waals surface area contributed by atoms with Crippen molar-refractivity contribution in [3.63, 3.8) is 0 Å². The van der Waals surface area contributed by atoms with E-state index in [0.29, 0.717) is 0 Å². The first-order chi connectivity index (χ1) is 8.70. The number of benzene rings is 1. The Labute approximate surface area is 112 Å². The van der Waals surface area contributed by atoms with Gasteiger partial charge in [-0.05, 0) is 36.1 Å². The van der Waals surface area contributed by atoms with E-state index in [-0.39, 0.29) is 0 Å². The highest BCUT2D eigenvalue weighted by Gasteiger charge is 2.04. The molecular formula is C18H24. The van der Waals surface area contributed by atoms with Crippen LogP contribution in [0.2, 0.25) is 0 Å². The Bertz CT molecular complexity index is 445. The van der Waals surface area contributed by atoms with Gasteiger partial charge in [-0.25, -0.2) is 0 Å². The topological polar surface area (TPSA) is 0 Å². The summed E-state index contributed by atoms with van der Waals surface area (Å²) in [5, 5.41) is 0. The van der Waals surface area contributed by atoms with Crippen LogP contribution in [0.15, 0.2) is 67.3 Å². The molecule has 96 valence electrons. The molecule has 0 atom stereocenters. The standard InChI is InChI=1S/C16H18.C2H6/c1-5-9-13(3)15(10-6-2)16-12-8-7-11-14(16)4;1-2/h5-12H,1-2H2,3-4H3;1-2H3/b13-9-,15-10+;. The molecule has 0 aliphatic carbocycles. The van der Waals surface area contributed by atoms with Crippen molar-refractivity contribution in [3.8, 4) is 0 Å². The molecule has 0 N–H and O–H groups in total. The minimum absolute atomic E-state index is 1.20. The molecular weight excluding hydrogens is 216 g/mol. The minimum atomic E-state index is 1.20. The third-order valence-corrected chi connectivity index (χ3v) is 2.51. The fraction of sp³-hybridized carbons (Fsp3) is 0.222. The molecule has 0 heteroatoms. The minimum Gasteiger partial charge on any atom is -0.0991 e. The molecule has 0 aromatic heterocycles. The smallest absolute Gasteiger partial charge is 0.0152 e. The third kappa shape index (κ3) is 4.58. The maximum Gasteiger partial charge on any atom is -0.0152 e. The Morgan fingerprint density at radius 2 is 1.56 bits per heavy atom. The number of hydrogen-bond acceptors (Lipinski definition) is 0. The lowest BCUT2D eigenvalue weighted by Gasteiger charge is -2.10. The summed E-state index contributed by atoms with van der Waals surface area (Å²) < 4.78 is 0. The van der Waals surface area contributed by atoms with Crippen LogP contribution in [-0.4, -0.2) is 0 Å². The molecule has 1 aromatic rings. The molecule has 0 unspecified atom stereocenters. The van der Waals surface area contributed by atoms with E-state index in [1.54, 1.807) is 0 Å². The van der Waals surface area contributed by atoms with Gasteiger partial charge in [-0.3, -0.25) is 0 Å². The molecule has 0 aliphatic rings. The zero-order valence-corrected chi connectivity index (χ0v) is 12.0. The Hall–Kier alpha value is -1.82. The molecule has 0 saturated carbocycles. The Morgan fingerprint density at radius 3 is 2.06 bits per heavy atom. The van der Waals surface area contributed by atoms with E-state index in [1.165, 1.54) is 22.3 Å². The van der Waals surface area contributed by atoms with Crippen LogP contribution in [0.25, 0.3) is 5.57 Å². The number of hydrogen-bond donors (Lipinski definition) is 0. The summed E-state index contributed by atoms with van der Waals surface area (Å²) in [7, 11) is 0. The summed E-state index contributed by atoms with van der Waals surface area (Å²) in [6.07, 6.45) is 7.69. The second-order valence-corrected chi connectivity index (χ2v) is 3.72. The summed E-state index contributed by atoms with van der Waals surface area (Å²) in [5.41, 5.74) is 4.92. The maximum atomic E-state index is 3.77. The van der Waals surface area contributed by atoms with Crippen LogP contribution in [0, 0.1) is 6.92 Å². The van der Waals surface area contributed by atoms with Gasteiger partial charge in [0, 0.05) is 0 Å². The third-order valence-electron chi connectivity index (χ3n) is 2.51. The SMILES string of the molecule is C=C/C=C(C)\C(=C/C=C)c1ccccc1C.CC. The zero-order valence-electron chi connectivity index (χ0n) is 12.0. The number of aryl methyl sites for hydroxylation is 1. The lowest BCUT2D eigenvalue weighted by Crippen LogP contribution is -1.90. The largest absolute Gasteiger partial charge is 0.0991 e. The van der Waals surface area contributed by atoms with Gasteiger partial charge in [-0.2, -0.15) is 0 Å². The first-order valence-corrected chi connectivity index (χ1v) is 6.39. The van der Waals surface area contributed by atoms with Crippen LogP contribution in [0.4, 0.5) is 0 Å². The normalized spacial score (nSPS) is 11.3. The summed E-state index contributed by atoms with van der Waals surface area (Å²) in [6, 6.07) is 8.36. The average molecular weight is 240 g/mol. The Balaban J connectivity index is 0.00000137. The molecule has 0 bridgehead atoms. The highest BCUT2D eigenvalue weighted by Crippen LogP contribution is 2.25. The lowest BCUT2D eigenvalue weighted by atomic mass is 9.94. The highest BCUT2D eigenvalue weighted by molar-refractivity contribution is 5.81. The van der Waals surface area contributed by atoms with Gasteiger partial charge in [0.25, 0.3) is 0 Å². The monoisotopic (exact) mass is 240 g/mol. The van der Waals surface area contributed by atoms with E-state index >= 15 is 0 Å². The Morgan fingerprint density at radius 1 is 1.00 bits per heavy atom. The van der Waals surface area contributed by atoms with E-state index < -0.39 is 0 Å². The van der Waals surface area contributed by atoms with Gasteiger partial charge in [0.05, 0.1) is 0 Å². The fourth-order valence-corrected chi connectivity index (χ4v) is 1.69. The average Bonchev–Trinajstić information content (AvgIpc) is 2.39. The van der Waals surface area contributed by atoms with Gasteiger partial charge >= 0.3 is 0 Å². The molecule has 0 heterocycles. The van der Waals surface area contributed by atoms with Crippen molar-refractivity contribution in [3.05, 3.63) is 78.4 Å². The van der Waals surface area contributed by atoms with Crippen molar-refractivity contribution in [1.82, 2.24) is 0 Å². The van der Waals surface area contributed by atoms with Gasteiger partial charge in [0.2, 0.25) is 0 Å². The summed E-state index contributed by atoms with van der Waals surface area (Å²) in [6.45, 7) is 15.7. The predicted octanol–water partition coefficient (Wildman–Crippen LogP) is 5.72. The summed E-state index contributed by atoms with van der Waals surface area (Å²) in [5.74, 6) is 0. The van der Waals surface area contributed by atoms with Crippen molar-refractivity contribution in [2.75, 3.05) is 0 Å². The van der Waals surface area contributed by atoms with Crippen LogP contribution in [0.5, 0.6) is 0 Å². The van der Waals surface area contributed by atoms with Crippen molar-refractivity contribution in [1.29, 1.82) is 0 Å². The van der Waals surface area contributed by atoms with Crippen LogP contribution in [-0.2, 0) is 0 Å². The van der Waals surface area contributed by atoms with E-state index in [2.05, 4.69) is 51.3 Å². The molecule has 0 spiro atoms. The maximum absolute atomic E-state index is 3.77. The second-order valence-electron chi connectivity index (χ2n) is 3.72. The Kier molecular flexibility index (Phi) is 8.30. The van der Waals surface area contributed by atoms with E-state index in [4.69, 9.17) is 0 Å². The van der Waals surface area contributed by atoms with Gasteiger partial charge < -0.3 is 0 Å². The zero-order chi connectivity index (χ0) is 14.0. The van der Waals surface area contributed by atoms with Gasteiger partial charge in [0.1, 0.15) is 0 Å². The van der Waals surface area contributed by atoms with Crippen LogP contribution in [0.1, 0.15) is 31.9 Å². The van der Waals surface area contributed by atoms with Crippen LogP contribution >= 0.6 is 0 Å². The number of rotatable bonds is 4. The van der Waals surface area contributed by atoms with E-state index in [0.717, 1.165) is 0 Å². The van der Waals surface area contributed by atoms with Gasteiger partial charge in [-0.1, -0.05) is 75.6 Å². The molecule has 1 rings (SSSR count).